The van der Waals surface area contributed by atoms with Gasteiger partial charge >= 0.3 is 0 Å². The van der Waals surface area contributed by atoms with E-state index in [-0.39, 0.29) is 0 Å². The second-order valence-electron chi connectivity index (χ2n) is 6.44. The van der Waals surface area contributed by atoms with Crippen LogP contribution >= 0.6 is 15.9 Å². The number of rotatable bonds is 9. The first kappa shape index (κ1) is 17.0. The second-order valence-corrected chi connectivity index (χ2v) is 7.23. The van der Waals surface area contributed by atoms with E-state index in [9.17, 15) is 0 Å². The minimum atomic E-state index is 0.301. The van der Waals surface area contributed by atoms with Crippen LogP contribution in [0.3, 0.4) is 0 Å². The predicted octanol–water partition coefficient (Wildman–Crippen LogP) is 3.17. The van der Waals surface area contributed by atoms with Gasteiger partial charge in [0.25, 0.3) is 0 Å². The molecule has 1 saturated carbocycles. The van der Waals surface area contributed by atoms with Crippen molar-refractivity contribution >= 4 is 15.9 Å². The monoisotopic (exact) mass is 357 g/mol. The molecule has 1 N–H and O–H groups in total. The van der Waals surface area contributed by atoms with E-state index in [1.807, 2.05) is 0 Å². The summed E-state index contributed by atoms with van der Waals surface area (Å²) < 4.78 is 8.46. The minimum absolute atomic E-state index is 0.301. The fraction of sp³-hybridized carbons (Fsp3) is 0.812. The Balaban J connectivity index is 2.09. The molecule has 0 aliphatic heterocycles. The Kier molecular flexibility index (Phi) is 5.86. The van der Waals surface area contributed by atoms with Gasteiger partial charge in [0.2, 0.25) is 0 Å². The highest BCUT2D eigenvalue weighted by Gasteiger charge is 2.42. The van der Waals surface area contributed by atoms with Crippen molar-refractivity contribution in [2.75, 3.05) is 26.8 Å². The first-order valence-corrected chi connectivity index (χ1v) is 8.72. The molecule has 1 heterocycles. The molecule has 1 aromatic heterocycles. The highest BCUT2D eigenvalue weighted by Crippen LogP contribution is 2.47. The van der Waals surface area contributed by atoms with Gasteiger partial charge in [0.1, 0.15) is 0 Å². The molecule has 5 heteroatoms. The average Bonchev–Trinajstić information content (AvgIpc) is 3.28. The average molecular weight is 358 g/mol. The molecule has 120 valence electrons. The van der Waals surface area contributed by atoms with Crippen molar-refractivity contribution in [2.24, 2.45) is 11.3 Å². The van der Waals surface area contributed by atoms with Crippen LogP contribution in [0, 0.1) is 18.3 Å². The molecular formula is C16H28BrN3O. The zero-order valence-corrected chi connectivity index (χ0v) is 15.3. The van der Waals surface area contributed by atoms with Crippen molar-refractivity contribution in [1.29, 1.82) is 0 Å². The summed E-state index contributed by atoms with van der Waals surface area (Å²) in [6.07, 6.45) is 3.80. The predicted molar refractivity (Wildman–Crippen MR) is 89.6 cm³/mol. The van der Waals surface area contributed by atoms with Crippen molar-refractivity contribution < 1.29 is 4.74 Å². The molecule has 0 amide bonds. The number of aromatic nitrogens is 2. The lowest BCUT2D eigenvalue weighted by atomic mass is 9.80. The fourth-order valence-electron chi connectivity index (χ4n) is 3.10. The van der Waals surface area contributed by atoms with Gasteiger partial charge in [-0.15, -0.1) is 0 Å². The van der Waals surface area contributed by atoms with E-state index in [4.69, 9.17) is 4.74 Å². The minimum Gasteiger partial charge on any atom is -0.383 e. The third kappa shape index (κ3) is 4.08. The van der Waals surface area contributed by atoms with Gasteiger partial charge in [-0.25, -0.2) is 0 Å². The van der Waals surface area contributed by atoms with Crippen LogP contribution in [-0.2, 0) is 17.7 Å². The third-order valence-corrected chi connectivity index (χ3v) is 5.63. The topological polar surface area (TPSA) is 39.1 Å². The summed E-state index contributed by atoms with van der Waals surface area (Å²) in [4.78, 5) is 0. The van der Waals surface area contributed by atoms with Gasteiger partial charge in [0, 0.05) is 26.7 Å². The molecule has 21 heavy (non-hydrogen) atoms. The van der Waals surface area contributed by atoms with Gasteiger partial charge in [-0.3, -0.25) is 4.68 Å². The number of nitrogens with zero attached hydrogens (tertiary/aromatic N) is 2. The highest BCUT2D eigenvalue weighted by molar-refractivity contribution is 9.10. The summed E-state index contributed by atoms with van der Waals surface area (Å²) in [6.45, 7) is 10.3. The maximum Gasteiger partial charge on any atom is 0.0738 e. The largest absolute Gasteiger partial charge is 0.383 e. The fourth-order valence-corrected chi connectivity index (χ4v) is 3.52. The zero-order chi connectivity index (χ0) is 15.5. The number of hydrogen-bond donors (Lipinski definition) is 1. The van der Waals surface area contributed by atoms with Gasteiger partial charge < -0.3 is 10.1 Å². The Morgan fingerprint density at radius 2 is 2.19 bits per heavy atom. The van der Waals surface area contributed by atoms with Gasteiger partial charge in [-0.1, -0.05) is 6.92 Å². The first-order chi connectivity index (χ1) is 10.0. The third-order valence-electron chi connectivity index (χ3n) is 4.60. The first-order valence-electron chi connectivity index (χ1n) is 7.93. The maximum atomic E-state index is 5.13. The molecule has 1 unspecified atom stereocenters. The highest BCUT2D eigenvalue weighted by atomic mass is 79.9. The lowest BCUT2D eigenvalue weighted by Gasteiger charge is -2.30. The summed E-state index contributed by atoms with van der Waals surface area (Å²) in [5, 5.41) is 8.19. The molecular weight excluding hydrogens is 330 g/mol. The van der Waals surface area contributed by atoms with E-state index in [1.165, 1.54) is 23.0 Å². The molecule has 4 nitrogen and oxygen atoms in total. The number of halogens is 1. The van der Waals surface area contributed by atoms with Gasteiger partial charge in [-0.05, 0) is 60.4 Å². The number of methoxy groups -OCH3 is 1. The lowest BCUT2D eigenvalue weighted by Crippen LogP contribution is -2.37. The molecule has 0 radical (unpaired) electrons. The number of hydrogen-bond acceptors (Lipinski definition) is 3. The van der Waals surface area contributed by atoms with Crippen molar-refractivity contribution in [2.45, 2.75) is 46.6 Å². The maximum absolute atomic E-state index is 5.13. The Hall–Kier alpha value is -0.390. The van der Waals surface area contributed by atoms with E-state index >= 15 is 0 Å². The molecule has 1 atom stereocenters. The van der Waals surface area contributed by atoms with Crippen molar-refractivity contribution in [3.63, 3.8) is 0 Å². The van der Waals surface area contributed by atoms with Crippen molar-refractivity contribution in [3.8, 4) is 0 Å². The molecule has 2 rings (SSSR count). The van der Waals surface area contributed by atoms with E-state index in [0.29, 0.717) is 5.41 Å². The van der Waals surface area contributed by atoms with E-state index in [1.54, 1.807) is 7.11 Å². The molecule has 1 fully saturated rings. The van der Waals surface area contributed by atoms with Crippen LogP contribution in [0.2, 0.25) is 0 Å². The normalized spacial score (nSPS) is 18.0. The quantitative estimate of drug-likeness (QED) is 0.690. The number of nitrogens with one attached hydrogen (secondary N) is 1. The Labute approximate surface area is 136 Å². The summed E-state index contributed by atoms with van der Waals surface area (Å²) in [5.74, 6) is 0.833. The van der Waals surface area contributed by atoms with Crippen LogP contribution < -0.4 is 5.32 Å². The molecule has 1 aliphatic rings. The van der Waals surface area contributed by atoms with Gasteiger partial charge in [0.15, 0.2) is 0 Å². The molecule has 0 saturated heterocycles. The smallest absolute Gasteiger partial charge is 0.0738 e. The molecule has 1 aromatic rings. The lowest BCUT2D eigenvalue weighted by molar-refractivity contribution is 0.186. The van der Waals surface area contributed by atoms with Crippen LogP contribution in [0.4, 0.5) is 0 Å². The van der Waals surface area contributed by atoms with Crippen molar-refractivity contribution in [3.05, 3.63) is 15.9 Å². The Morgan fingerprint density at radius 3 is 2.76 bits per heavy atom. The summed E-state index contributed by atoms with van der Waals surface area (Å²) >= 11 is 3.73. The van der Waals surface area contributed by atoms with E-state index in [0.717, 1.165) is 44.3 Å². The summed E-state index contributed by atoms with van der Waals surface area (Å²) in [6, 6.07) is 0. The van der Waals surface area contributed by atoms with Crippen LogP contribution in [0.5, 0.6) is 0 Å². The zero-order valence-electron chi connectivity index (χ0n) is 13.7. The van der Waals surface area contributed by atoms with Gasteiger partial charge in [-0.2, -0.15) is 5.10 Å². The van der Waals surface area contributed by atoms with Crippen molar-refractivity contribution in [1.82, 2.24) is 15.1 Å². The SMILES string of the molecule is CCn1nc(C)c(Br)c1CC(C)(CNCCOC)C1CC1. The Bertz CT molecular complexity index is 470. The Morgan fingerprint density at radius 1 is 1.48 bits per heavy atom. The number of aryl methyl sites for hydroxylation is 2. The van der Waals surface area contributed by atoms with Crippen LogP contribution in [0.25, 0.3) is 0 Å². The van der Waals surface area contributed by atoms with E-state index in [2.05, 4.69) is 51.8 Å². The second kappa shape index (κ2) is 7.25. The summed E-state index contributed by atoms with van der Waals surface area (Å²) in [7, 11) is 1.75. The molecule has 0 aromatic carbocycles. The standard InChI is InChI=1S/C16H28BrN3O/c1-5-20-14(15(17)12(2)19-20)10-16(3,13-6-7-13)11-18-8-9-21-4/h13,18H,5-11H2,1-4H3. The van der Waals surface area contributed by atoms with Crippen LogP contribution in [-0.4, -0.2) is 36.6 Å². The molecule has 1 aliphatic carbocycles. The van der Waals surface area contributed by atoms with Crippen LogP contribution in [0.1, 0.15) is 38.1 Å². The number of ether oxygens (including phenoxy) is 1. The van der Waals surface area contributed by atoms with Crippen LogP contribution in [0.15, 0.2) is 4.47 Å². The molecule has 0 bridgehead atoms. The van der Waals surface area contributed by atoms with Gasteiger partial charge in [0.05, 0.1) is 22.5 Å². The van der Waals surface area contributed by atoms with E-state index < -0.39 is 0 Å². The molecule has 0 spiro atoms. The summed E-state index contributed by atoms with van der Waals surface area (Å²) in [5.41, 5.74) is 2.74.